The van der Waals surface area contributed by atoms with Crippen molar-refractivity contribution in [3.05, 3.63) is 51.5 Å². The zero-order valence-corrected chi connectivity index (χ0v) is 13.0. The molecule has 0 aliphatic rings. The maximum atomic E-state index is 12.2. The van der Waals surface area contributed by atoms with Gasteiger partial charge in [0.1, 0.15) is 5.75 Å². The molecule has 0 aliphatic heterocycles. The molecule has 3 N–H and O–H groups in total. The van der Waals surface area contributed by atoms with Crippen molar-refractivity contribution in [3.8, 4) is 5.75 Å². The van der Waals surface area contributed by atoms with Crippen molar-refractivity contribution < 1.29 is 9.53 Å². The summed E-state index contributed by atoms with van der Waals surface area (Å²) >= 11 is 9.33. The Morgan fingerprint density at radius 3 is 2.70 bits per heavy atom. The van der Waals surface area contributed by atoms with Gasteiger partial charge in [-0.2, -0.15) is 0 Å². The topological polar surface area (TPSA) is 64.3 Å². The lowest BCUT2D eigenvalue weighted by molar-refractivity contribution is 0.102. The van der Waals surface area contributed by atoms with Gasteiger partial charge < -0.3 is 15.8 Å². The normalized spacial score (nSPS) is 10.2. The zero-order chi connectivity index (χ0) is 14.7. The smallest absolute Gasteiger partial charge is 0.256 e. The van der Waals surface area contributed by atoms with Gasteiger partial charge in [-0.1, -0.05) is 11.6 Å². The molecule has 6 heteroatoms. The lowest BCUT2D eigenvalue weighted by Gasteiger charge is -2.09. The molecule has 0 aliphatic carbocycles. The molecule has 0 aromatic heterocycles. The number of nitrogen functional groups attached to an aromatic ring is 1. The van der Waals surface area contributed by atoms with E-state index in [1.807, 2.05) is 0 Å². The fourth-order valence-corrected chi connectivity index (χ4v) is 2.34. The van der Waals surface area contributed by atoms with Gasteiger partial charge >= 0.3 is 0 Å². The predicted octanol–water partition coefficient (Wildman–Crippen LogP) is 3.95. The number of benzene rings is 2. The summed E-state index contributed by atoms with van der Waals surface area (Å²) < 4.78 is 5.73. The van der Waals surface area contributed by atoms with Crippen LogP contribution in [0.5, 0.6) is 5.75 Å². The van der Waals surface area contributed by atoms with E-state index in [0.29, 0.717) is 32.2 Å². The van der Waals surface area contributed by atoms with E-state index in [4.69, 9.17) is 22.1 Å². The minimum Gasteiger partial charge on any atom is -0.495 e. The Morgan fingerprint density at radius 1 is 1.30 bits per heavy atom. The van der Waals surface area contributed by atoms with E-state index >= 15 is 0 Å². The number of ether oxygens (including phenoxy) is 1. The van der Waals surface area contributed by atoms with E-state index in [-0.39, 0.29) is 5.91 Å². The van der Waals surface area contributed by atoms with Gasteiger partial charge in [0.05, 0.1) is 17.7 Å². The number of methoxy groups -OCH3 is 1. The Bertz CT molecular complexity index is 662. The molecule has 2 rings (SSSR count). The highest BCUT2D eigenvalue weighted by molar-refractivity contribution is 9.10. The van der Waals surface area contributed by atoms with Crippen LogP contribution in [0, 0.1) is 0 Å². The Morgan fingerprint density at radius 2 is 2.05 bits per heavy atom. The number of carbonyl (C=O) groups excluding carboxylic acids is 1. The van der Waals surface area contributed by atoms with Gasteiger partial charge in [0.25, 0.3) is 5.91 Å². The molecule has 2 aromatic carbocycles. The Hall–Kier alpha value is -1.72. The van der Waals surface area contributed by atoms with Crippen LogP contribution in [0.3, 0.4) is 0 Å². The van der Waals surface area contributed by atoms with E-state index in [0.717, 1.165) is 0 Å². The van der Waals surface area contributed by atoms with Crippen molar-refractivity contribution in [1.29, 1.82) is 0 Å². The highest BCUT2D eigenvalue weighted by atomic mass is 79.9. The van der Waals surface area contributed by atoms with Crippen LogP contribution in [0.25, 0.3) is 0 Å². The van der Waals surface area contributed by atoms with Crippen molar-refractivity contribution in [1.82, 2.24) is 0 Å². The van der Waals surface area contributed by atoms with E-state index in [1.165, 1.54) is 7.11 Å². The highest BCUT2D eigenvalue weighted by Crippen LogP contribution is 2.28. The van der Waals surface area contributed by atoms with E-state index in [1.54, 1.807) is 36.4 Å². The molecular formula is C14H12BrClN2O2. The molecule has 1 amide bonds. The minimum absolute atomic E-state index is 0.273. The minimum atomic E-state index is -0.273. The first-order chi connectivity index (χ1) is 9.51. The summed E-state index contributed by atoms with van der Waals surface area (Å²) in [7, 11) is 1.53. The summed E-state index contributed by atoms with van der Waals surface area (Å²) in [6.45, 7) is 0. The molecule has 20 heavy (non-hydrogen) atoms. The first-order valence-corrected chi connectivity index (χ1v) is 6.88. The third-order valence-electron chi connectivity index (χ3n) is 2.64. The number of carbonyl (C=O) groups is 1. The average Bonchev–Trinajstić information content (AvgIpc) is 2.41. The fourth-order valence-electron chi connectivity index (χ4n) is 1.66. The maximum absolute atomic E-state index is 12.2. The van der Waals surface area contributed by atoms with Crippen molar-refractivity contribution >= 4 is 44.8 Å². The summed E-state index contributed by atoms with van der Waals surface area (Å²) in [5.74, 6) is 0.278. The van der Waals surface area contributed by atoms with Crippen LogP contribution in [0.15, 0.2) is 40.9 Å². The van der Waals surface area contributed by atoms with Gasteiger partial charge in [-0.15, -0.1) is 0 Å². The molecule has 0 unspecified atom stereocenters. The van der Waals surface area contributed by atoms with E-state index in [2.05, 4.69) is 21.2 Å². The van der Waals surface area contributed by atoms with E-state index < -0.39 is 0 Å². The van der Waals surface area contributed by atoms with E-state index in [9.17, 15) is 4.79 Å². The molecule has 2 aromatic rings. The average molecular weight is 356 g/mol. The molecule has 0 spiro atoms. The molecule has 0 heterocycles. The number of anilines is 2. The molecule has 4 nitrogen and oxygen atoms in total. The van der Waals surface area contributed by atoms with Crippen molar-refractivity contribution in [2.75, 3.05) is 18.2 Å². The van der Waals surface area contributed by atoms with Crippen LogP contribution in [-0.2, 0) is 0 Å². The van der Waals surface area contributed by atoms with Crippen molar-refractivity contribution in [3.63, 3.8) is 0 Å². The number of amides is 1. The van der Waals surface area contributed by atoms with Gasteiger partial charge in [-0.25, -0.2) is 0 Å². The monoisotopic (exact) mass is 354 g/mol. The number of nitrogens with two attached hydrogens (primary N) is 1. The molecule has 0 radical (unpaired) electrons. The van der Waals surface area contributed by atoms with Gasteiger partial charge in [0.15, 0.2) is 0 Å². The second kappa shape index (κ2) is 6.15. The summed E-state index contributed by atoms with van der Waals surface area (Å²) in [6.07, 6.45) is 0. The molecule has 0 atom stereocenters. The quantitative estimate of drug-likeness (QED) is 0.820. The van der Waals surface area contributed by atoms with Gasteiger partial charge in [-0.05, 0) is 52.3 Å². The summed E-state index contributed by atoms with van der Waals surface area (Å²) in [4.78, 5) is 12.2. The summed E-state index contributed by atoms with van der Waals surface area (Å²) in [6, 6.07) is 10.1. The summed E-state index contributed by atoms with van der Waals surface area (Å²) in [5.41, 5.74) is 7.24. The second-order valence-electron chi connectivity index (χ2n) is 4.04. The fraction of sp³-hybridized carbons (Fsp3) is 0.0714. The first-order valence-electron chi connectivity index (χ1n) is 5.71. The van der Waals surface area contributed by atoms with Crippen molar-refractivity contribution in [2.24, 2.45) is 0 Å². The highest BCUT2D eigenvalue weighted by Gasteiger charge is 2.11. The Labute approximate surface area is 130 Å². The second-order valence-corrected chi connectivity index (χ2v) is 5.30. The van der Waals surface area contributed by atoms with Crippen LogP contribution >= 0.6 is 27.5 Å². The number of hydrogen-bond donors (Lipinski definition) is 2. The molecule has 0 saturated carbocycles. The third kappa shape index (κ3) is 3.23. The number of halogens is 2. The number of nitrogens with one attached hydrogen (secondary N) is 1. The lowest BCUT2D eigenvalue weighted by Crippen LogP contribution is -2.13. The molecule has 0 fully saturated rings. The first kappa shape index (κ1) is 14.7. The molecule has 0 bridgehead atoms. The van der Waals surface area contributed by atoms with Crippen LogP contribution in [0.2, 0.25) is 5.02 Å². The van der Waals surface area contributed by atoms with Crippen LogP contribution in [-0.4, -0.2) is 13.0 Å². The number of rotatable bonds is 3. The standard InChI is InChI=1S/C14H12BrClN2O2/c1-20-13-5-3-9(7-12(13)16)18-14(19)10-6-8(17)2-4-11(10)15/h2-7H,17H2,1H3,(H,18,19). The third-order valence-corrected chi connectivity index (χ3v) is 3.63. The van der Waals surface area contributed by atoms with Crippen LogP contribution < -0.4 is 15.8 Å². The Kier molecular flexibility index (Phi) is 4.52. The van der Waals surface area contributed by atoms with Crippen LogP contribution in [0.4, 0.5) is 11.4 Å². The summed E-state index contributed by atoms with van der Waals surface area (Å²) in [5, 5.41) is 3.18. The van der Waals surface area contributed by atoms with Gasteiger partial charge in [0, 0.05) is 15.8 Å². The Balaban J connectivity index is 2.23. The molecule has 0 saturated heterocycles. The number of hydrogen-bond acceptors (Lipinski definition) is 3. The molecule has 104 valence electrons. The molecular weight excluding hydrogens is 344 g/mol. The lowest BCUT2D eigenvalue weighted by atomic mass is 10.2. The maximum Gasteiger partial charge on any atom is 0.256 e. The van der Waals surface area contributed by atoms with Gasteiger partial charge in [0.2, 0.25) is 0 Å². The van der Waals surface area contributed by atoms with Gasteiger partial charge in [-0.3, -0.25) is 4.79 Å². The van der Waals surface area contributed by atoms with Crippen molar-refractivity contribution in [2.45, 2.75) is 0 Å². The predicted molar refractivity (Wildman–Crippen MR) is 84.5 cm³/mol. The largest absolute Gasteiger partial charge is 0.495 e. The van der Waals surface area contributed by atoms with Crippen LogP contribution in [0.1, 0.15) is 10.4 Å². The zero-order valence-electron chi connectivity index (χ0n) is 10.6. The SMILES string of the molecule is COc1ccc(NC(=O)c2cc(N)ccc2Br)cc1Cl.